The van der Waals surface area contributed by atoms with Crippen LogP contribution in [-0.4, -0.2) is 9.97 Å². The molecule has 4 heteroatoms. The Balaban J connectivity index is 2.08. The minimum atomic E-state index is -0.539. The highest BCUT2D eigenvalue weighted by Gasteiger charge is 2.26. The first-order valence-electron chi connectivity index (χ1n) is 6.04. The van der Waals surface area contributed by atoms with E-state index in [0.717, 1.165) is 11.3 Å². The highest BCUT2D eigenvalue weighted by molar-refractivity contribution is 5.64. The van der Waals surface area contributed by atoms with Crippen LogP contribution >= 0.6 is 0 Å². The molecule has 0 aliphatic heterocycles. The van der Waals surface area contributed by atoms with Gasteiger partial charge in [0.15, 0.2) is 0 Å². The lowest BCUT2D eigenvalue weighted by molar-refractivity contribution is 0.589. The van der Waals surface area contributed by atoms with Crippen molar-refractivity contribution in [2.45, 2.75) is 25.7 Å². The molecular weight excluding hydrogens is 229 g/mol. The molecule has 1 aliphatic rings. The van der Waals surface area contributed by atoms with Crippen LogP contribution in [0, 0.1) is 12.9 Å². The summed E-state index contributed by atoms with van der Waals surface area (Å²) >= 11 is 0. The quantitative estimate of drug-likeness (QED) is 0.825. The van der Waals surface area contributed by atoms with Gasteiger partial charge in [-0.15, -0.1) is 0 Å². The SMILES string of the molecule is Cc1ncc(-c2ccc(N)nc2F)cc1C1CC1. The van der Waals surface area contributed by atoms with Gasteiger partial charge in [0, 0.05) is 23.0 Å². The molecule has 18 heavy (non-hydrogen) atoms. The molecule has 0 spiro atoms. The van der Waals surface area contributed by atoms with E-state index in [-0.39, 0.29) is 5.82 Å². The number of nitrogen functional groups attached to an aromatic ring is 1. The Labute approximate surface area is 105 Å². The Kier molecular flexibility index (Phi) is 2.51. The number of anilines is 1. The molecule has 2 aromatic heterocycles. The van der Waals surface area contributed by atoms with E-state index in [2.05, 4.69) is 9.97 Å². The van der Waals surface area contributed by atoms with Crippen LogP contribution in [0.1, 0.15) is 30.0 Å². The Morgan fingerprint density at radius 3 is 2.78 bits per heavy atom. The molecule has 0 amide bonds. The minimum Gasteiger partial charge on any atom is -0.384 e. The van der Waals surface area contributed by atoms with Gasteiger partial charge in [-0.05, 0) is 49.4 Å². The fraction of sp³-hybridized carbons (Fsp3) is 0.286. The second kappa shape index (κ2) is 4.05. The van der Waals surface area contributed by atoms with E-state index in [0.29, 0.717) is 11.5 Å². The summed E-state index contributed by atoms with van der Waals surface area (Å²) in [4.78, 5) is 8.00. The normalized spacial score (nSPS) is 14.8. The second-order valence-corrected chi connectivity index (χ2v) is 4.75. The van der Waals surface area contributed by atoms with E-state index >= 15 is 0 Å². The zero-order valence-corrected chi connectivity index (χ0v) is 10.2. The van der Waals surface area contributed by atoms with E-state index < -0.39 is 5.95 Å². The number of halogens is 1. The Morgan fingerprint density at radius 2 is 2.11 bits per heavy atom. The molecule has 3 nitrogen and oxygen atoms in total. The lowest BCUT2D eigenvalue weighted by Gasteiger charge is -2.08. The van der Waals surface area contributed by atoms with Crippen LogP contribution in [0.15, 0.2) is 24.4 Å². The average molecular weight is 243 g/mol. The van der Waals surface area contributed by atoms with Gasteiger partial charge in [0.25, 0.3) is 0 Å². The van der Waals surface area contributed by atoms with Crippen molar-refractivity contribution in [2.75, 3.05) is 5.73 Å². The van der Waals surface area contributed by atoms with Crippen molar-refractivity contribution >= 4 is 5.82 Å². The number of hydrogen-bond donors (Lipinski definition) is 1. The summed E-state index contributed by atoms with van der Waals surface area (Å²) in [5.41, 5.74) is 8.94. The molecule has 1 saturated carbocycles. The maximum Gasteiger partial charge on any atom is 0.222 e. The van der Waals surface area contributed by atoms with Crippen molar-refractivity contribution < 1.29 is 4.39 Å². The first-order chi connectivity index (χ1) is 8.65. The van der Waals surface area contributed by atoms with E-state index in [1.807, 2.05) is 13.0 Å². The van der Waals surface area contributed by atoms with Crippen LogP contribution in [0.25, 0.3) is 11.1 Å². The number of rotatable bonds is 2. The van der Waals surface area contributed by atoms with Gasteiger partial charge < -0.3 is 5.73 Å². The molecule has 1 aliphatic carbocycles. The molecule has 0 atom stereocenters. The predicted octanol–water partition coefficient (Wildman–Crippen LogP) is 3.05. The summed E-state index contributed by atoms with van der Waals surface area (Å²) in [7, 11) is 0. The van der Waals surface area contributed by atoms with Gasteiger partial charge in [-0.3, -0.25) is 4.98 Å². The standard InChI is InChI=1S/C14H14FN3/c1-8-12(9-2-3-9)6-10(7-17-8)11-4-5-13(16)18-14(11)15/h4-7,9H,2-3H2,1H3,(H2,16,18). The van der Waals surface area contributed by atoms with Gasteiger partial charge in [0.1, 0.15) is 5.82 Å². The summed E-state index contributed by atoms with van der Waals surface area (Å²) < 4.78 is 13.8. The van der Waals surface area contributed by atoms with Crippen molar-refractivity contribution in [1.29, 1.82) is 0 Å². The highest BCUT2D eigenvalue weighted by Crippen LogP contribution is 2.42. The summed E-state index contributed by atoms with van der Waals surface area (Å²) in [5.74, 6) is 0.253. The molecule has 0 saturated heterocycles. The lowest BCUT2D eigenvalue weighted by Crippen LogP contribution is -1.97. The van der Waals surface area contributed by atoms with Crippen LogP contribution < -0.4 is 5.73 Å². The van der Waals surface area contributed by atoms with Crippen LogP contribution in [0.2, 0.25) is 0 Å². The molecule has 0 unspecified atom stereocenters. The first kappa shape index (κ1) is 11.1. The van der Waals surface area contributed by atoms with E-state index in [9.17, 15) is 4.39 Å². The summed E-state index contributed by atoms with van der Waals surface area (Å²) in [6.45, 7) is 2.00. The Hall–Kier alpha value is -1.97. The largest absolute Gasteiger partial charge is 0.384 e. The smallest absolute Gasteiger partial charge is 0.222 e. The van der Waals surface area contributed by atoms with Gasteiger partial charge >= 0.3 is 0 Å². The van der Waals surface area contributed by atoms with Crippen molar-refractivity contribution in [3.8, 4) is 11.1 Å². The highest BCUT2D eigenvalue weighted by atomic mass is 19.1. The zero-order valence-electron chi connectivity index (χ0n) is 10.2. The van der Waals surface area contributed by atoms with Crippen molar-refractivity contribution in [2.24, 2.45) is 0 Å². The summed E-state index contributed by atoms with van der Waals surface area (Å²) in [6.07, 6.45) is 4.10. The van der Waals surface area contributed by atoms with E-state index in [1.165, 1.54) is 18.4 Å². The molecular formula is C14H14FN3. The fourth-order valence-corrected chi connectivity index (χ4v) is 2.17. The number of aromatic nitrogens is 2. The number of nitrogens with two attached hydrogens (primary N) is 1. The van der Waals surface area contributed by atoms with Gasteiger partial charge in [-0.25, -0.2) is 4.98 Å². The maximum absolute atomic E-state index is 13.8. The van der Waals surface area contributed by atoms with Crippen LogP contribution in [0.3, 0.4) is 0 Å². The van der Waals surface area contributed by atoms with Crippen molar-refractivity contribution in [1.82, 2.24) is 9.97 Å². The van der Waals surface area contributed by atoms with Gasteiger partial charge in [-0.1, -0.05) is 0 Å². The van der Waals surface area contributed by atoms with Crippen LogP contribution in [0.5, 0.6) is 0 Å². The molecule has 2 N–H and O–H groups in total. The van der Waals surface area contributed by atoms with Crippen molar-refractivity contribution in [3.05, 3.63) is 41.6 Å². The molecule has 0 bridgehead atoms. The number of aryl methyl sites for hydroxylation is 1. The molecule has 3 rings (SSSR count). The third-order valence-corrected chi connectivity index (χ3v) is 3.32. The molecule has 0 radical (unpaired) electrons. The van der Waals surface area contributed by atoms with Crippen LogP contribution in [-0.2, 0) is 0 Å². The molecule has 92 valence electrons. The fourth-order valence-electron chi connectivity index (χ4n) is 2.17. The molecule has 2 aromatic rings. The maximum atomic E-state index is 13.8. The predicted molar refractivity (Wildman–Crippen MR) is 68.6 cm³/mol. The van der Waals surface area contributed by atoms with Gasteiger partial charge in [0.05, 0.1) is 0 Å². The Bertz CT molecular complexity index is 606. The minimum absolute atomic E-state index is 0.193. The summed E-state index contributed by atoms with van der Waals surface area (Å²) in [6, 6.07) is 5.28. The van der Waals surface area contributed by atoms with E-state index in [4.69, 9.17) is 5.73 Å². The third-order valence-electron chi connectivity index (χ3n) is 3.32. The lowest BCUT2D eigenvalue weighted by atomic mass is 10.0. The van der Waals surface area contributed by atoms with Crippen molar-refractivity contribution in [3.63, 3.8) is 0 Å². The number of nitrogens with zero attached hydrogens (tertiary/aromatic N) is 2. The van der Waals surface area contributed by atoms with Crippen LogP contribution in [0.4, 0.5) is 10.2 Å². The molecule has 0 aromatic carbocycles. The first-order valence-corrected chi connectivity index (χ1v) is 6.04. The average Bonchev–Trinajstić information content (AvgIpc) is 3.14. The number of pyridine rings is 2. The molecule has 2 heterocycles. The monoisotopic (exact) mass is 243 g/mol. The van der Waals surface area contributed by atoms with E-state index in [1.54, 1.807) is 18.3 Å². The summed E-state index contributed by atoms with van der Waals surface area (Å²) in [5, 5.41) is 0. The second-order valence-electron chi connectivity index (χ2n) is 4.75. The molecule has 1 fully saturated rings. The van der Waals surface area contributed by atoms with Gasteiger partial charge in [0.2, 0.25) is 5.95 Å². The van der Waals surface area contributed by atoms with Gasteiger partial charge in [-0.2, -0.15) is 4.39 Å². The third kappa shape index (κ3) is 1.94. The topological polar surface area (TPSA) is 51.8 Å². The zero-order chi connectivity index (χ0) is 12.7. The Morgan fingerprint density at radius 1 is 1.33 bits per heavy atom. The number of hydrogen-bond acceptors (Lipinski definition) is 3.